The lowest BCUT2D eigenvalue weighted by atomic mass is 10.2. The van der Waals surface area contributed by atoms with E-state index in [1.54, 1.807) is 12.1 Å². The first-order valence-corrected chi connectivity index (χ1v) is 6.76. The van der Waals surface area contributed by atoms with Gasteiger partial charge in [-0.25, -0.2) is 4.39 Å². The molecule has 4 nitrogen and oxygen atoms in total. The third-order valence-electron chi connectivity index (χ3n) is 2.64. The van der Waals surface area contributed by atoms with Gasteiger partial charge in [0.2, 0.25) is 0 Å². The summed E-state index contributed by atoms with van der Waals surface area (Å²) in [7, 11) is 0. The van der Waals surface area contributed by atoms with Crippen molar-refractivity contribution in [1.29, 1.82) is 0 Å². The van der Waals surface area contributed by atoms with Gasteiger partial charge in [0.25, 0.3) is 5.69 Å². The molecule has 0 fully saturated rings. The second-order valence-corrected chi connectivity index (χ2v) is 5.28. The molecule has 0 saturated heterocycles. The number of halogens is 3. The number of hydrogen-bond donors (Lipinski definition) is 1. The van der Waals surface area contributed by atoms with Gasteiger partial charge in [0.1, 0.15) is 5.82 Å². The molecule has 0 heterocycles. The van der Waals surface area contributed by atoms with Crippen LogP contribution in [-0.2, 0) is 6.54 Å². The molecule has 0 bridgehead atoms. The molecule has 0 aliphatic carbocycles. The van der Waals surface area contributed by atoms with Gasteiger partial charge in [-0.05, 0) is 45.8 Å². The first kappa shape index (κ1) is 14.7. The molecule has 0 unspecified atom stereocenters. The van der Waals surface area contributed by atoms with Crippen LogP contribution in [0.1, 0.15) is 5.56 Å². The molecule has 2 aromatic rings. The van der Waals surface area contributed by atoms with Crippen LogP contribution in [0.5, 0.6) is 0 Å². The maximum atomic E-state index is 13.1. The minimum Gasteiger partial charge on any atom is -0.381 e. The maximum absolute atomic E-state index is 13.1. The standard InChI is InChI=1S/C13H9BrClFN2O2/c14-11-6-9(1-4-13(11)16)17-7-8-5-10(18(19)20)2-3-12(8)15/h1-6,17H,7H2. The Bertz CT molecular complexity index is 667. The number of nitrogens with zero attached hydrogens (tertiary/aromatic N) is 1. The number of benzene rings is 2. The lowest BCUT2D eigenvalue weighted by Crippen LogP contribution is -2.01. The zero-order chi connectivity index (χ0) is 14.7. The molecule has 0 aliphatic heterocycles. The maximum Gasteiger partial charge on any atom is 0.269 e. The van der Waals surface area contributed by atoms with Crippen molar-refractivity contribution < 1.29 is 9.31 Å². The fourth-order valence-corrected chi connectivity index (χ4v) is 2.18. The Morgan fingerprint density at radius 2 is 2.05 bits per heavy atom. The number of nitrogens with one attached hydrogen (secondary N) is 1. The van der Waals surface area contributed by atoms with E-state index in [2.05, 4.69) is 21.2 Å². The lowest BCUT2D eigenvalue weighted by Gasteiger charge is -2.08. The molecule has 0 aromatic heterocycles. The summed E-state index contributed by atoms with van der Waals surface area (Å²) in [5.74, 6) is -0.357. The summed E-state index contributed by atoms with van der Waals surface area (Å²) < 4.78 is 13.4. The molecule has 0 radical (unpaired) electrons. The average molecular weight is 360 g/mol. The van der Waals surface area contributed by atoms with Gasteiger partial charge >= 0.3 is 0 Å². The van der Waals surface area contributed by atoms with Gasteiger partial charge < -0.3 is 5.32 Å². The summed E-state index contributed by atoms with van der Waals surface area (Å²) in [4.78, 5) is 10.2. The van der Waals surface area contributed by atoms with E-state index in [0.29, 0.717) is 27.3 Å². The molecule has 7 heteroatoms. The first-order chi connectivity index (χ1) is 9.47. The Kier molecular flexibility index (Phi) is 4.57. The van der Waals surface area contributed by atoms with Gasteiger partial charge in [0.15, 0.2) is 0 Å². The van der Waals surface area contributed by atoms with Gasteiger partial charge in [-0.1, -0.05) is 11.6 Å². The van der Waals surface area contributed by atoms with Crippen molar-refractivity contribution in [3.8, 4) is 0 Å². The van der Waals surface area contributed by atoms with Crippen LogP contribution in [-0.4, -0.2) is 4.92 Å². The summed E-state index contributed by atoms with van der Waals surface area (Å²) >= 11 is 9.08. The predicted molar refractivity (Wildman–Crippen MR) is 79.5 cm³/mol. The molecule has 0 saturated carbocycles. The van der Waals surface area contributed by atoms with Gasteiger partial charge in [-0.15, -0.1) is 0 Å². The Morgan fingerprint density at radius 1 is 1.30 bits per heavy atom. The van der Waals surface area contributed by atoms with Crippen LogP contribution in [0.15, 0.2) is 40.9 Å². The lowest BCUT2D eigenvalue weighted by molar-refractivity contribution is -0.384. The molecule has 104 valence electrons. The van der Waals surface area contributed by atoms with Gasteiger partial charge in [0, 0.05) is 29.4 Å². The highest BCUT2D eigenvalue weighted by Gasteiger charge is 2.09. The van der Waals surface area contributed by atoms with E-state index in [4.69, 9.17) is 11.6 Å². The minimum absolute atomic E-state index is 0.0218. The Labute approximate surface area is 127 Å². The summed E-state index contributed by atoms with van der Waals surface area (Å²) in [6.45, 7) is 0.304. The molecular weight excluding hydrogens is 351 g/mol. The number of hydrogen-bond acceptors (Lipinski definition) is 3. The monoisotopic (exact) mass is 358 g/mol. The largest absolute Gasteiger partial charge is 0.381 e. The molecule has 2 aromatic carbocycles. The molecule has 0 aliphatic rings. The van der Waals surface area contributed by atoms with Crippen molar-refractivity contribution in [3.63, 3.8) is 0 Å². The van der Waals surface area contributed by atoms with Crippen molar-refractivity contribution in [1.82, 2.24) is 0 Å². The van der Waals surface area contributed by atoms with Crippen LogP contribution in [0.25, 0.3) is 0 Å². The van der Waals surface area contributed by atoms with Crippen LogP contribution in [0.4, 0.5) is 15.8 Å². The number of nitro groups is 1. The van der Waals surface area contributed by atoms with Gasteiger partial charge in [-0.3, -0.25) is 10.1 Å². The van der Waals surface area contributed by atoms with Gasteiger partial charge in [0.05, 0.1) is 9.40 Å². The van der Waals surface area contributed by atoms with Crippen molar-refractivity contribution in [3.05, 3.63) is 67.4 Å². The van der Waals surface area contributed by atoms with E-state index < -0.39 is 4.92 Å². The van der Waals surface area contributed by atoms with E-state index >= 15 is 0 Å². The van der Waals surface area contributed by atoms with E-state index in [-0.39, 0.29) is 11.5 Å². The SMILES string of the molecule is O=[N+]([O-])c1ccc(Cl)c(CNc2ccc(F)c(Br)c2)c1. The first-order valence-electron chi connectivity index (χ1n) is 5.59. The minimum atomic E-state index is -0.478. The van der Waals surface area contributed by atoms with E-state index in [1.165, 1.54) is 24.3 Å². The molecule has 0 amide bonds. The Balaban J connectivity index is 2.15. The molecular formula is C13H9BrClFN2O2. The van der Waals surface area contributed by atoms with Crippen LogP contribution >= 0.6 is 27.5 Å². The zero-order valence-corrected chi connectivity index (χ0v) is 12.4. The fourth-order valence-electron chi connectivity index (χ4n) is 1.61. The van der Waals surface area contributed by atoms with Crippen molar-refractivity contribution in [2.75, 3.05) is 5.32 Å². The fraction of sp³-hybridized carbons (Fsp3) is 0.0769. The molecule has 0 atom stereocenters. The predicted octanol–water partition coefficient (Wildman–Crippen LogP) is 4.76. The van der Waals surface area contributed by atoms with Crippen LogP contribution in [0.2, 0.25) is 5.02 Å². The van der Waals surface area contributed by atoms with Crippen molar-refractivity contribution in [2.24, 2.45) is 0 Å². The quantitative estimate of drug-likeness (QED) is 0.632. The van der Waals surface area contributed by atoms with Crippen LogP contribution in [0, 0.1) is 15.9 Å². The van der Waals surface area contributed by atoms with E-state index in [0.717, 1.165) is 0 Å². The summed E-state index contributed by atoms with van der Waals surface area (Å²) in [5, 5.41) is 14.2. The van der Waals surface area contributed by atoms with Crippen molar-refractivity contribution in [2.45, 2.75) is 6.54 Å². The highest BCUT2D eigenvalue weighted by Crippen LogP contribution is 2.24. The van der Waals surface area contributed by atoms with Gasteiger partial charge in [-0.2, -0.15) is 0 Å². The summed E-state index contributed by atoms with van der Waals surface area (Å²) in [5.41, 5.74) is 1.26. The van der Waals surface area contributed by atoms with Crippen molar-refractivity contribution >= 4 is 38.9 Å². The Morgan fingerprint density at radius 3 is 2.70 bits per heavy atom. The summed E-state index contributed by atoms with van der Waals surface area (Å²) in [6.07, 6.45) is 0. The number of non-ortho nitro benzene ring substituents is 1. The zero-order valence-electron chi connectivity index (χ0n) is 10.1. The molecule has 20 heavy (non-hydrogen) atoms. The Hall–Kier alpha value is -1.66. The second-order valence-electron chi connectivity index (χ2n) is 4.02. The number of anilines is 1. The third kappa shape index (κ3) is 3.46. The highest BCUT2D eigenvalue weighted by molar-refractivity contribution is 9.10. The third-order valence-corrected chi connectivity index (χ3v) is 3.62. The second kappa shape index (κ2) is 6.19. The summed E-state index contributed by atoms with van der Waals surface area (Å²) in [6, 6.07) is 8.72. The van der Waals surface area contributed by atoms with Crippen LogP contribution < -0.4 is 5.32 Å². The number of nitro benzene ring substituents is 1. The average Bonchev–Trinajstić information content (AvgIpc) is 2.41. The molecule has 1 N–H and O–H groups in total. The normalized spacial score (nSPS) is 10.3. The molecule has 0 spiro atoms. The highest BCUT2D eigenvalue weighted by atomic mass is 79.9. The molecule has 2 rings (SSSR count). The van der Waals surface area contributed by atoms with E-state index in [9.17, 15) is 14.5 Å². The number of rotatable bonds is 4. The smallest absolute Gasteiger partial charge is 0.269 e. The topological polar surface area (TPSA) is 55.2 Å². The van der Waals surface area contributed by atoms with Crippen LogP contribution in [0.3, 0.4) is 0 Å². The van der Waals surface area contributed by atoms with E-state index in [1.807, 2.05) is 0 Å².